The Morgan fingerprint density at radius 2 is 2.05 bits per heavy atom. The van der Waals surface area contributed by atoms with Gasteiger partial charge in [-0.3, -0.25) is 14.6 Å². The molecule has 0 spiro atoms. The third kappa shape index (κ3) is 3.09. The van der Waals surface area contributed by atoms with Gasteiger partial charge in [-0.1, -0.05) is 0 Å². The molecule has 3 N–H and O–H groups in total. The molecular formula is C14H27N3O2. The highest BCUT2D eigenvalue weighted by Gasteiger charge is 2.38. The summed E-state index contributed by atoms with van der Waals surface area (Å²) in [6.45, 7) is 5.82. The van der Waals surface area contributed by atoms with Gasteiger partial charge in [-0.2, -0.15) is 0 Å². The highest BCUT2D eigenvalue weighted by molar-refractivity contribution is 5.77. The molecule has 2 rings (SSSR count). The average Bonchev–Trinajstić information content (AvgIpc) is 2.51. The number of likely N-dealkylation sites (tertiary alicyclic amines) is 1. The number of fused-ring (bicyclic) bond motifs is 2. The molecule has 19 heavy (non-hydrogen) atoms. The first kappa shape index (κ1) is 14.8. The summed E-state index contributed by atoms with van der Waals surface area (Å²) in [4.78, 5) is 16.1. The monoisotopic (exact) mass is 269 g/mol. The number of nitrogens with zero attached hydrogens (tertiary/aromatic N) is 2. The van der Waals surface area contributed by atoms with Gasteiger partial charge >= 0.3 is 5.97 Å². The van der Waals surface area contributed by atoms with Crippen LogP contribution >= 0.6 is 0 Å². The Labute approximate surface area is 115 Å². The maximum Gasteiger partial charge on any atom is 0.323 e. The molecule has 2 fully saturated rings. The lowest BCUT2D eigenvalue weighted by molar-refractivity contribution is -0.143. The summed E-state index contributed by atoms with van der Waals surface area (Å²) < 4.78 is 0. The lowest BCUT2D eigenvalue weighted by Crippen LogP contribution is -2.51. The first-order valence-electron chi connectivity index (χ1n) is 7.29. The van der Waals surface area contributed by atoms with Gasteiger partial charge in [-0.05, 0) is 53.1 Å². The summed E-state index contributed by atoms with van der Waals surface area (Å²) in [5.74, 6) is -0.909. The van der Waals surface area contributed by atoms with Gasteiger partial charge < -0.3 is 10.8 Å². The Morgan fingerprint density at radius 3 is 2.68 bits per heavy atom. The van der Waals surface area contributed by atoms with Crippen molar-refractivity contribution in [3.63, 3.8) is 0 Å². The number of rotatable bonds is 4. The molecule has 4 unspecified atom stereocenters. The maximum absolute atomic E-state index is 11.1. The molecule has 0 aromatic rings. The van der Waals surface area contributed by atoms with E-state index < -0.39 is 11.5 Å². The molecule has 0 radical (unpaired) electrons. The molecule has 0 aromatic heterocycles. The Morgan fingerprint density at radius 1 is 1.42 bits per heavy atom. The summed E-state index contributed by atoms with van der Waals surface area (Å²) in [5, 5.41) is 9.14. The molecule has 2 aliphatic heterocycles. The van der Waals surface area contributed by atoms with Crippen LogP contribution in [-0.4, -0.2) is 64.7 Å². The van der Waals surface area contributed by atoms with Crippen molar-refractivity contribution in [2.45, 2.75) is 63.2 Å². The normalized spacial score (nSPS) is 33.7. The van der Waals surface area contributed by atoms with Crippen LogP contribution in [0.25, 0.3) is 0 Å². The zero-order valence-electron chi connectivity index (χ0n) is 12.3. The predicted molar refractivity (Wildman–Crippen MR) is 75.1 cm³/mol. The van der Waals surface area contributed by atoms with E-state index in [0.717, 1.165) is 13.1 Å². The van der Waals surface area contributed by atoms with E-state index in [0.29, 0.717) is 18.5 Å². The predicted octanol–water partition coefficient (Wildman–Crippen LogP) is 0.736. The van der Waals surface area contributed by atoms with Crippen LogP contribution in [0.5, 0.6) is 0 Å². The van der Waals surface area contributed by atoms with Crippen molar-refractivity contribution in [1.29, 1.82) is 0 Å². The van der Waals surface area contributed by atoms with Gasteiger partial charge in [0, 0.05) is 24.7 Å². The quantitative estimate of drug-likeness (QED) is 0.787. The van der Waals surface area contributed by atoms with Gasteiger partial charge in [0.05, 0.1) is 0 Å². The fourth-order valence-electron chi connectivity index (χ4n) is 3.57. The van der Waals surface area contributed by atoms with E-state index >= 15 is 0 Å². The SMILES string of the molecule is CC(CC(C)(N)C(=O)O)N1CCC2CCC(C1)N2C. The minimum atomic E-state index is -1.13. The van der Waals surface area contributed by atoms with Crippen molar-refractivity contribution in [2.75, 3.05) is 20.1 Å². The molecule has 110 valence electrons. The van der Waals surface area contributed by atoms with E-state index in [-0.39, 0.29) is 6.04 Å². The molecule has 2 saturated heterocycles. The molecule has 5 heteroatoms. The van der Waals surface area contributed by atoms with Crippen molar-refractivity contribution in [3.8, 4) is 0 Å². The fraction of sp³-hybridized carbons (Fsp3) is 0.929. The van der Waals surface area contributed by atoms with Crippen LogP contribution < -0.4 is 5.73 Å². The van der Waals surface area contributed by atoms with Crippen molar-refractivity contribution in [3.05, 3.63) is 0 Å². The first-order chi connectivity index (χ1) is 8.81. The van der Waals surface area contributed by atoms with Gasteiger partial charge in [0.15, 0.2) is 0 Å². The second-order valence-electron chi connectivity index (χ2n) is 6.61. The summed E-state index contributed by atoms with van der Waals surface area (Å²) >= 11 is 0. The molecular weight excluding hydrogens is 242 g/mol. The van der Waals surface area contributed by atoms with Crippen molar-refractivity contribution in [2.24, 2.45) is 5.73 Å². The van der Waals surface area contributed by atoms with Gasteiger partial charge in [-0.15, -0.1) is 0 Å². The van der Waals surface area contributed by atoms with E-state index in [1.165, 1.54) is 19.3 Å². The van der Waals surface area contributed by atoms with Crippen LogP contribution in [0.4, 0.5) is 0 Å². The Balaban J connectivity index is 1.97. The Kier molecular flexibility index (Phi) is 4.18. The maximum atomic E-state index is 11.1. The van der Waals surface area contributed by atoms with Crippen molar-refractivity contribution >= 4 is 5.97 Å². The van der Waals surface area contributed by atoms with Gasteiger partial charge in [0.1, 0.15) is 5.54 Å². The fourth-order valence-corrected chi connectivity index (χ4v) is 3.57. The summed E-state index contributed by atoms with van der Waals surface area (Å²) in [6, 6.07) is 1.56. The first-order valence-corrected chi connectivity index (χ1v) is 7.29. The van der Waals surface area contributed by atoms with Crippen molar-refractivity contribution in [1.82, 2.24) is 9.80 Å². The molecule has 4 atom stereocenters. The average molecular weight is 269 g/mol. The number of carboxylic acid groups (broad SMARTS) is 1. The zero-order valence-corrected chi connectivity index (χ0v) is 12.3. The number of aliphatic carboxylic acids is 1. The van der Waals surface area contributed by atoms with Crippen LogP contribution in [0.15, 0.2) is 0 Å². The summed E-state index contributed by atoms with van der Waals surface area (Å²) in [6.07, 6.45) is 4.27. The highest BCUT2D eigenvalue weighted by atomic mass is 16.4. The minimum absolute atomic E-state index is 0.221. The molecule has 5 nitrogen and oxygen atoms in total. The molecule has 0 amide bonds. The third-order valence-electron chi connectivity index (χ3n) is 5.01. The summed E-state index contributed by atoms with van der Waals surface area (Å²) in [7, 11) is 2.22. The molecule has 2 bridgehead atoms. The Bertz CT molecular complexity index is 346. The molecule has 0 aromatic carbocycles. The lowest BCUT2D eigenvalue weighted by atomic mass is 9.93. The van der Waals surface area contributed by atoms with Crippen LogP contribution in [0.2, 0.25) is 0 Å². The van der Waals surface area contributed by atoms with E-state index in [9.17, 15) is 4.79 Å². The van der Waals surface area contributed by atoms with Crippen molar-refractivity contribution < 1.29 is 9.90 Å². The standard InChI is InChI=1S/C14H27N3O2/c1-10(8-14(2,15)13(18)19)17-7-6-11-4-5-12(9-17)16(11)3/h10-12H,4-9,15H2,1-3H3,(H,18,19). The van der Waals surface area contributed by atoms with Crippen LogP contribution in [0.1, 0.15) is 39.5 Å². The molecule has 2 aliphatic rings. The number of nitrogens with two attached hydrogens (primary N) is 1. The van der Waals surface area contributed by atoms with E-state index in [1.54, 1.807) is 6.92 Å². The number of hydrogen-bond donors (Lipinski definition) is 2. The smallest absolute Gasteiger partial charge is 0.323 e. The second kappa shape index (κ2) is 5.38. The Hall–Kier alpha value is -0.650. The third-order valence-corrected chi connectivity index (χ3v) is 5.01. The minimum Gasteiger partial charge on any atom is -0.480 e. The lowest BCUT2D eigenvalue weighted by Gasteiger charge is -2.34. The number of likely N-dealkylation sites (N-methyl/N-ethyl adjacent to an activating group) is 1. The van der Waals surface area contributed by atoms with Gasteiger partial charge in [0.25, 0.3) is 0 Å². The van der Waals surface area contributed by atoms with E-state index in [2.05, 4.69) is 23.8 Å². The van der Waals surface area contributed by atoms with Gasteiger partial charge in [-0.25, -0.2) is 0 Å². The summed E-state index contributed by atoms with van der Waals surface area (Å²) in [5.41, 5.74) is 4.74. The van der Waals surface area contributed by atoms with Crippen LogP contribution in [0.3, 0.4) is 0 Å². The highest BCUT2D eigenvalue weighted by Crippen LogP contribution is 2.30. The second-order valence-corrected chi connectivity index (χ2v) is 6.61. The number of carboxylic acids is 1. The number of carbonyl (C=O) groups is 1. The number of hydrogen-bond acceptors (Lipinski definition) is 4. The van der Waals surface area contributed by atoms with E-state index in [4.69, 9.17) is 10.8 Å². The molecule has 0 saturated carbocycles. The topological polar surface area (TPSA) is 69.8 Å². The van der Waals surface area contributed by atoms with E-state index in [1.807, 2.05) is 0 Å². The molecule has 0 aliphatic carbocycles. The largest absolute Gasteiger partial charge is 0.480 e. The van der Waals surface area contributed by atoms with Crippen LogP contribution in [0, 0.1) is 0 Å². The van der Waals surface area contributed by atoms with Crippen LogP contribution in [-0.2, 0) is 4.79 Å². The van der Waals surface area contributed by atoms with Gasteiger partial charge in [0.2, 0.25) is 0 Å². The molecule has 2 heterocycles. The zero-order chi connectivity index (χ0) is 14.2.